The number of carbonyl (C=O) groups excluding carboxylic acids is 2. The van der Waals surface area contributed by atoms with Gasteiger partial charge in [0, 0.05) is 49.9 Å². The van der Waals surface area contributed by atoms with Crippen molar-refractivity contribution < 1.29 is 27.5 Å². The molecule has 0 radical (unpaired) electrons. The van der Waals surface area contributed by atoms with E-state index in [0.29, 0.717) is 44.0 Å². The van der Waals surface area contributed by atoms with E-state index in [2.05, 4.69) is 15.0 Å². The van der Waals surface area contributed by atoms with Crippen LogP contribution in [-0.4, -0.2) is 54.2 Å². The normalized spacial score (nSPS) is 17.2. The number of carbonyl (C=O) groups is 2. The third kappa shape index (κ3) is 6.00. The van der Waals surface area contributed by atoms with Crippen molar-refractivity contribution in [1.29, 1.82) is 0 Å². The van der Waals surface area contributed by atoms with Crippen LogP contribution in [0, 0.1) is 5.92 Å². The minimum Gasteiger partial charge on any atom is -0.406 e. The number of nitrogens with zero attached hydrogens (tertiary/aromatic N) is 2. The van der Waals surface area contributed by atoms with Crippen molar-refractivity contribution in [3.8, 4) is 5.75 Å². The number of alkyl halides is 3. The number of rotatable bonds is 6. The van der Waals surface area contributed by atoms with Gasteiger partial charge in [0.2, 0.25) is 5.91 Å². The largest absolute Gasteiger partial charge is 0.573 e. The van der Waals surface area contributed by atoms with Crippen LogP contribution in [0.1, 0.15) is 28.8 Å². The lowest BCUT2D eigenvalue weighted by Crippen LogP contribution is -2.48. The van der Waals surface area contributed by atoms with Crippen LogP contribution in [0.15, 0.2) is 48.5 Å². The Balaban J connectivity index is 1.28. The van der Waals surface area contributed by atoms with Crippen LogP contribution < -0.4 is 10.1 Å². The van der Waals surface area contributed by atoms with Crippen LogP contribution in [0.2, 0.25) is 0 Å². The van der Waals surface area contributed by atoms with Crippen molar-refractivity contribution in [1.82, 2.24) is 9.80 Å². The minimum atomic E-state index is -4.70. The molecular weight excluding hydrogens is 423 g/mol. The standard InChI is InChI=1S/C23H24F3N3O3/c24-23(25,26)32-20-8-4-16(5-9-20)15-28-10-12-29(13-11-28)22(31)18-2-1-3-19(14-18)27-21(30)17-6-7-17/h1-5,8-9,14,17H,6-7,10-13,15H2,(H,27,30). The highest BCUT2D eigenvalue weighted by molar-refractivity contribution is 5.98. The van der Waals surface area contributed by atoms with Gasteiger partial charge in [0.15, 0.2) is 0 Å². The second kappa shape index (κ2) is 9.20. The summed E-state index contributed by atoms with van der Waals surface area (Å²) in [7, 11) is 0. The fourth-order valence-electron chi connectivity index (χ4n) is 3.67. The van der Waals surface area contributed by atoms with E-state index in [-0.39, 0.29) is 23.5 Å². The molecule has 1 aliphatic carbocycles. The zero-order valence-electron chi connectivity index (χ0n) is 17.4. The molecule has 1 N–H and O–H groups in total. The van der Waals surface area contributed by atoms with E-state index in [9.17, 15) is 22.8 Å². The molecule has 9 heteroatoms. The number of amides is 2. The Bertz CT molecular complexity index is 966. The van der Waals surface area contributed by atoms with Crippen molar-refractivity contribution in [3.63, 3.8) is 0 Å². The fourth-order valence-corrected chi connectivity index (χ4v) is 3.67. The first kappa shape index (κ1) is 22.1. The quantitative estimate of drug-likeness (QED) is 0.730. The summed E-state index contributed by atoms with van der Waals surface area (Å²) in [5.41, 5.74) is 2.04. The lowest BCUT2D eigenvalue weighted by Gasteiger charge is -2.35. The molecule has 0 unspecified atom stereocenters. The summed E-state index contributed by atoms with van der Waals surface area (Å²) in [6.07, 6.45) is -2.87. The number of piperazine rings is 1. The first-order valence-corrected chi connectivity index (χ1v) is 10.5. The molecule has 2 amide bonds. The highest BCUT2D eigenvalue weighted by Crippen LogP contribution is 2.30. The molecule has 2 aliphatic rings. The third-order valence-electron chi connectivity index (χ3n) is 5.55. The first-order valence-electron chi connectivity index (χ1n) is 10.5. The van der Waals surface area contributed by atoms with Crippen molar-refractivity contribution in [2.75, 3.05) is 31.5 Å². The van der Waals surface area contributed by atoms with Crippen LogP contribution in [-0.2, 0) is 11.3 Å². The molecule has 170 valence electrons. The maximum Gasteiger partial charge on any atom is 0.573 e. The van der Waals surface area contributed by atoms with E-state index in [1.165, 1.54) is 12.1 Å². The van der Waals surface area contributed by atoms with Gasteiger partial charge in [0.05, 0.1) is 0 Å². The molecule has 0 bridgehead atoms. The monoisotopic (exact) mass is 447 g/mol. The number of hydrogen-bond acceptors (Lipinski definition) is 4. The van der Waals surface area contributed by atoms with Crippen molar-refractivity contribution >= 4 is 17.5 Å². The number of ether oxygens (including phenoxy) is 1. The summed E-state index contributed by atoms with van der Waals surface area (Å²) < 4.78 is 40.7. The number of hydrogen-bond donors (Lipinski definition) is 1. The zero-order chi connectivity index (χ0) is 22.7. The molecule has 1 aliphatic heterocycles. The van der Waals surface area contributed by atoms with E-state index < -0.39 is 6.36 Å². The summed E-state index contributed by atoms with van der Waals surface area (Å²) >= 11 is 0. The Morgan fingerprint density at radius 2 is 1.69 bits per heavy atom. The van der Waals surface area contributed by atoms with Gasteiger partial charge in [-0.2, -0.15) is 0 Å². The van der Waals surface area contributed by atoms with Gasteiger partial charge in [-0.15, -0.1) is 13.2 Å². The van der Waals surface area contributed by atoms with Crippen LogP contribution >= 0.6 is 0 Å². The Morgan fingerprint density at radius 3 is 2.31 bits per heavy atom. The van der Waals surface area contributed by atoms with Crippen LogP contribution in [0.5, 0.6) is 5.75 Å². The summed E-state index contributed by atoms with van der Waals surface area (Å²) in [6.45, 7) is 2.99. The number of benzene rings is 2. The molecule has 1 heterocycles. The molecule has 2 aromatic rings. The van der Waals surface area contributed by atoms with E-state index in [1.807, 2.05) is 0 Å². The second-order valence-electron chi connectivity index (χ2n) is 8.10. The lowest BCUT2D eigenvalue weighted by molar-refractivity contribution is -0.274. The Kier molecular flexibility index (Phi) is 6.36. The highest BCUT2D eigenvalue weighted by Gasteiger charge is 2.31. The van der Waals surface area contributed by atoms with E-state index in [0.717, 1.165) is 18.4 Å². The van der Waals surface area contributed by atoms with E-state index in [1.54, 1.807) is 41.3 Å². The van der Waals surface area contributed by atoms with E-state index >= 15 is 0 Å². The molecule has 1 saturated carbocycles. The summed E-state index contributed by atoms with van der Waals surface area (Å²) in [5.74, 6) is -0.231. The molecule has 2 aromatic carbocycles. The van der Waals surface area contributed by atoms with Gasteiger partial charge in [-0.25, -0.2) is 0 Å². The Morgan fingerprint density at radius 1 is 1.00 bits per heavy atom. The van der Waals surface area contributed by atoms with Crippen molar-refractivity contribution in [2.45, 2.75) is 25.7 Å². The molecular formula is C23H24F3N3O3. The van der Waals surface area contributed by atoms with Crippen molar-refractivity contribution in [3.05, 3.63) is 59.7 Å². The van der Waals surface area contributed by atoms with Gasteiger partial charge < -0.3 is 15.0 Å². The smallest absolute Gasteiger partial charge is 0.406 e. The molecule has 0 spiro atoms. The molecule has 0 aromatic heterocycles. The van der Waals surface area contributed by atoms with Crippen molar-refractivity contribution in [2.24, 2.45) is 5.92 Å². The van der Waals surface area contributed by atoms with Crippen LogP contribution in [0.4, 0.5) is 18.9 Å². The maximum absolute atomic E-state index is 12.9. The Labute approximate surface area is 183 Å². The topological polar surface area (TPSA) is 61.9 Å². The minimum absolute atomic E-state index is 0.00112. The van der Waals surface area contributed by atoms with Gasteiger partial charge in [0.25, 0.3) is 5.91 Å². The third-order valence-corrected chi connectivity index (χ3v) is 5.55. The van der Waals surface area contributed by atoms with Crippen LogP contribution in [0.25, 0.3) is 0 Å². The van der Waals surface area contributed by atoms with Gasteiger partial charge in [-0.1, -0.05) is 18.2 Å². The summed E-state index contributed by atoms with van der Waals surface area (Å²) in [4.78, 5) is 28.8. The maximum atomic E-state index is 12.9. The van der Waals surface area contributed by atoms with Gasteiger partial charge in [-0.05, 0) is 48.7 Å². The average Bonchev–Trinajstić information content (AvgIpc) is 3.60. The highest BCUT2D eigenvalue weighted by atomic mass is 19.4. The number of nitrogens with one attached hydrogen (secondary N) is 1. The molecule has 6 nitrogen and oxygen atoms in total. The predicted octanol–water partition coefficient (Wildman–Crippen LogP) is 3.89. The van der Waals surface area contributed by atoms with Gasteiger partial charge >= 0.3 is 6.36 Å². The second-order valence-corrected chi connectivity index (χ2v) is 8.10. The molecule has 32 heavy (non-hydrogen) atoms. The number of halogens is 3. The molecule has 1 saturated heterocycles. The summed E-state index contributed by atoms with van der Waals surface area (Å²) in [5, 5.41) is 2.86. The molecule has 2 fully saturated rings. The SMILES string of the molecule is O=C(Nc1cccc(C(=O)N2CCN(Cc3ccc(OC(F)(F)F)cc3)CC2)c1)C1CC1. The van der Waals surface area contributed by atoms with Crippen LogP contribution in [0.3, 0.4) is 0 Å². The van der Waals surface area contributed by atoms with E-state index in [4.69, 9.17) is 0 Å². The predicted molar refractivity (Wildman–Crippen MR) is 112 cm³/mol. The Hall–Kier alpha value is -3.07. The first-order chi connectivity index (χ1) is 15.3. The lowest BCUT2D eigenvalue weighted by atomic mass is 10.1. The fraction of sp³-hybridized carbons (Fsp3) is 0.391. The average molecular weight is 447 g/mol. The van der Waals surface area contributed by atoms with Gasteiger partial charge in [-0.3, -0.25) is 14.5 Å². The van der Waals surface area contributed by atoms with Gasteiger partial charge in [0.1, 0.15) is 5.75 Å². The summed E-state index contributed by atoms with van der Waals surface area (Å²) in [6, 6.07) is 12.8. The molecule has 0 atom stereocenters. The number of anilines is 1. The zero-order valence-corrected chi connectivity index (χ0v) is 17.4. The molecule has 4 rings (SSSR count).